The van der Waals surface area contributed by atoms with Crippen molar-refractivity contribution < 1.29 is 104 Å². The molecule has 9 rings (SSSR count). The van der Waals surface area contributed by atoms with E-state index in [9.17, 15) is 66.4 Å². The van der Waals surface area contributed by atoms with Crippen LogP contribution >= 0.6 is 0 Å². The monoisotopic (exact) mass is 1070 g/mol. The summed E-state index contributed by atoms with van der Waals surface area (Å²) in [7, 11) is 0. The molecule has 75 heavy (non-hydrogen) atoms. The Kier molecular flexibility index (Phi) is 16.5. The van der Waals surface area contributed by atoms with E-state index in [4.69, 9.17) is 37.9 Å². The molecule has 9 aliphatic rings. The van der Waals surface area contributed by atoms with Crippen LogP contribution in [0.5, 0.6) is 0 Å². The van der Waals surface area contributed by atoms with Crippen molar-refractivity contribution in [3.8, 4) is 0 Å². The van der Waals surface area contributed by atoms with Gasteiger partial charge in [-0.15, -0.1) is 0 Å². The first-order chi connectivity index (χ1) is 35.2. The molecule has 0 spiro atoms. The van der Waals surface area contributed by atoms with E-state index >= 15 is 0 Å². The van der Waals surface area contributed by atoms with Gasteiger partial charge in [-0.1, -0.05) is 59.3 Å². The molecule has 21 heteroatoms. The van der Waals surface area contributed by atoms with Gasteiger partial charge < -0.3 is 104 Å². The van der Waals surface area contributed by atoms with Gasteiger partial charge in [0.2, 0.25) is 0 Å². The SMILES string of the molecule is CC1OC(OC2C(CO)OC(OC3C(O)C(C)OC(OC4CCC5(C)C(CCC6(C)C5C=CC5=C7CC(C)(C)CCC7(CO)CCC56C)C4(C)CO)C3OC3OC(CO)C(O)C(O)C3O)C(O)C2O)C(O)C(O)C1O. The Balaban J connectivity index is 1.01. The van der Waals surface area contributed by atoms with Crippen LogP contribution in [-0.2, 0) is 37.9 Å². The van der Waals surface area contributed by atoms with Gasteiger partial charge in [0.25, 0.3) is 0 Å². The van der Waals surface area contributed by atoms with E-state index in [1.165, 1.54) is 25.0 Å². The summed E-state index contributed by atoms with van der Waals surface area (Å²) in [5.74, 6) is 0.0404. The molecule has 0 aromatic carbocycles. The van der Waals surface area contributed by atoms with Gasteiger partial charge in [-0.2, -0.15) is 0 Å². The van der Waals surface area contributed by atoms with Gasteiger partial charge in [0.1, 0.15) is 85.5 Å². The van der Waals surface area contributed by atoms with Crippen molar-refractivity contribution in [2.45, 2.75) is 242 Å². The molecule has 7 fully saturated rings. The van der Waals surface area contributed by atoms with Crippen molar-refractivity contribution in [2.75, 3.05) is 26.4 Å². The third-order valence-electron chi connectivity index (χ3n) is 21.0. The molecule has 21 nitrogen and oxygen atoms in total. The fourth-order valence-corrected chi connectivity index (χ4v) is 15.9. The highest BCUT2D eigenvalue weighted by Gasteiger charge is 2.68. The van der Waals surface area contributed by atoms with Crippen molar-refractivity contribution >= 4 is 0 Å². The van der Waals surface area contributed by atoms with Crippen molar-refractivity contribution in [1.82, 2.24) is 0 Å². The Morgan fingerprint density at radius 2 is 1.08 bits per heavy atom. The van der Waals surface area contributed by atoms with E-state index in [0.29, 0.717) is 12.8 Å². The number of fused-ring (bicyclic) bond motifs is 6. The first kappa shape index (κ1) is 58.3. The highest BCUT2D eigenvalue weighted by Crippen LogP contribution is 2.74. The summed E-state index contributed by atoms with van der Waals surface area (Å²) in [4.78, 5) is 0. The van der Waals surface area contributed by atoms with E-state index in [2.05, 4.69) is 46.8 Å². The third-order valence-corrected chi connectivity index (χ3v) is 21.0. The Hall–Kier alpha value is -1.36. The van der Waals surface area contributed by atoms with Gasteiger partial charge in [-0.25, -0.2) is 0 Å². The van der Waals surface area contributed by atoms with Crippen molar-refractivity contribution in [1.29, 1.82) is 0 Å². The Bertz CT molecular complexity index is 2070. The average Bonchev–Trinajstić information content (AvgIpc) is 3.37. The predicted molar refractivity (Wildman–Crippen MR) is 261 cm³/mol. The molecule has 0 radical (unpaired) electrons. The molecule has 0 bridgehead atoms. The van der Waals surface area contributed by atoms with E-state index < -0.39 is 148 Å². The molecule has 0 aromatic rings. The fraction of sp³-hybridized carbons (Fsp3) is 0.926. The topological polar surface area (TPSA) is 337 Å². The molecule has 5 aliphatic carbocycles. The number of allylic oxidation sites excluding steroid dienone is 3. The van der Waals surface area contributed by atoms with Crippen LogP contribution < -0.4 is 0 Å². The Labute approximate surface area is 439 Å². The van der Waals surface area contributed by atoms with Crippen LogP contribution in [0.2, 0.25) is 0 Å². The highest BCUT2D eigenvalue weighted by molar-refractivity contribution is 5.46. The van der Waals surface area contributed by atoms with Gasteiger partial charge in [0.05, 0.1) is 44.7 Å². The molecule has 4 heterocycles. The predicted octanol–water partition coefficient (Wildman–Crippen LogP) is -0.614. The maximum atomic E-state index is 11.9. The van der Waals surface area contributed by atoms with Crippen LogP contribution in [0.1, 0.15) is 113 Å². The summed E-state index contributed by atoms with van der Waals surface area (Å²) in [6.07, 6.45) is -21.1. The quantitative estimate of drug-likeness (QED) is 0.108. The zero-order valence-corrected chi connectivity index (χ0v) is 44.7. The lowest BCUT2D eigenvalue weighted by Crippen LogP contribution is -2.68. The molecule has 28 atom stereocenters. The third kappa shape index (κ3) is 9.47. The van der Waals surface area contributed by atoms with E-state index in [1.54, 1.807) is 0 Å². The lowest BCUT2D eigenvalue weighted by molar-refractivity contribution is -0.402. The minimum Gasteiger partial charge on any atom is -0.396 e. The maximum absolute atomic E-state index is 11.9. The fourth-order valence-electron chi connectivity index (χ4n) is 15.9. The Morgan fingerprint density at radius 1 is 0.520 bits per heavy atom. The van der Waals surface area contributed by atoms with Gasteiger partial charge in [0, 0.05) is 10.8 Å². The highest BCUT2D eigenvalue weighted by atomic mass is 16.8. The molecule has 0 aromatic heterocycles. The van der Waals surface area contributed by atoms with Crippen molar-refractivity contribution in [3.05, 3.63) is 23.3 Å². The second-order valence-electron chi connectivity index (χ2n) is 25.8. The van der Waals surface area contributed by atoms with E-state index in [-0.39, 0.29) is 52.1 Å². The zero-order valence-electron chi connectivity index (χ0n) is 44.7. The standard InChI is InChI=1S/C54H88O21/c1-24-33(59)36(62)39(65)45(68-24)73-42-29(21-56)71-47(41(67)38(42)64)74-43-34(60)25(2)69-48(44(43)75-46-40(66)37(63)35(61)28(20-55)70-46)72-32-12-13-50(5)30(51(32,6)22-57)11-14-53(8)31(50)10-9-26-27-19-49(3,4)15-17-54(27,23-58)18-16-52(26,53)7/h9-10,24-25,28-48,55-67H,11-23H2,1-8H3. The van der Waals surface area contributed by atoms with E-state index in [0.717, 1.165) is 44.9 Å². The maximum Gasteiger partial charge on any atom is 0.187 e. The Morgan fingerprint density at radius 3 is 1.72 bits per heavy atom. The summed E-state index contributed by atoms with van der Waals surface area (Å²) in [5, 5.41) is 143. The second-order valence-corrected chi connectivity index (χ2v) is 25.8. The molecular weight excluding hydrogens is 985 g/mol. The number of hydrogen-bond acceptors (Lipinski definition) is 21. The van der Waals surface area contributed by atoms with E-state index in [1.807, 2.05) is 6.92 Å². The molecule has 3 saturated carbocycles. The summed E-state index contributed by atoms with van der Waals surface area (Å²) >= 11 is 0. The van der Waals surface area contributed by atoms with Gasteiger partial charge >= 0.3 is 0 Å². The molecule has 0 amide bonds. The van der Waals surface area contributed by atoms with Crippen molar-refractivity contribution in [3.63, 3.8) is 0 Å². The summed E-state index contributed by atoms with van der Waals surface area (Å²) in [5.41, 5.74) is 1.21. The number of rotatable bonds is 12. The van der Waals surface area contributed by atoms with Crippen molar-refractivity contribution in [2.24, 2.45) is 44.3 Å². The van der Waals surface area contributed by atoms with Crippen LogP contribution in [0.25, 0.3) is 0 Å². The molecule has 13 N–H and O–H groups in total. The summed E-state index contributed by atoms with van der Waals surface area (Å²) < 4.78 is 49.3. The number of ether oxygens (including phenoxy) is 8. The lowest BCUT2D eigenvalue weighted by atomic mass is 9.35. The largest absolute Gasteiger partial charge is 0.396 e. The van der Waals surface area contributed by atoms with Crippen LogP contribution in [0.15, 0.2) is 23.3 Å². The first-order valence-corrected chi connectivity index (χ1v) is 27.4. The molecule has 4 aliphatic heterocycles. The molecule has 4 saturated heterocycles. The van der Waals surface area contributed by atoms with Gasteiger partial charge in [-0.3, -0.25) is 0 Å². The van der Waals surface area contributed by atoms with Crippen LogP contribution in [-0.4, -0.2) is 222 Å². The number of aliphatic hydroxyl groups excluding tert-OH is 13. The first-order valence-electron chi connectivity index (χ1n) is 27.4. The number of aliphatic hydroxyl groups is 13. The van der Waals surface area contributed by atoms with Gasteiger partial charge in [-0.05, 0) is 111 Å². The zero-order chi connectivity index (χ0) is 54.7. The van der Waals surface area contributed by atoms with Crippen LogP contribution in [0, 0.1) is 44.3 Å². The van der Waals surface area contributed by atoms with Crippen LogP contribution in [0.4, 0.5) is 0 Å². The minimum atomic E-state index is -2.00. The average molecular weight is 1070 g/mol. The molecule has 430 valence electrons. The summed E-state index contributed by atoms with van der Waals surface area (Å²) in [6, 6.07) is 0. The normalized spacial score (nSPS) is 54.9. The summed E-state index contributed by atoms with van der Waals surface area (Å²) in [6.45, 7) is 15.1. The second kappa shape index (κ2) is 21.2. The number of hydrogen-bond donors (Lipinski definition) is 13. The smallest absolute Gasteiger partial charge is 0.187 e. The lowest BCUT2D eigenvalue weighted by Gasteiger charge is -2.70. The van der Waals surface area contributed by atoms with Gasteiger partial charge in [0.15, 0.2) is 25.2 Å². The molecular formula is C54H88O21. The van der Waals surface area contributed by atoms with Crippen LogP contribution in [0.3, 0.4) is 0 Å². The minimum absolute atomic E-state index is 0.0824. The molecule has 28 unspecified atom stereocenters.